The minimum absolute atomic E-state index is 0.122. The van der Waals surface area contributed by atoms with Crippen LogP contribution in [0.5, 0.6) is 0 Å². The molecule has 1 saturated carbocycles. The van der Waals surface area contributed by atoms with E-state index in [-0.39, 0.29) is 28.2 Å². The summed E-state index contributed by atoms with van der Waals surface area (Å²) in [5, 5.41) is 9.14. The number of amides is 1. The molecule has 1 spiro atoms. The van der Waals surface area contributed by atoms with E-state index in [1.165, 1.54) is 24.3 Å². The molecule has 3 rings (SSSR count). The standard InChI is InChI=1S/C18H24N2O5S/c1-12(2)19-26(24,25)14-5-3-13(4-6-14)16(21)20-9-7-18(8-10-20)11-15(18)17(22)23/h3-6,12,15,19H,7-11H2,1-2H3,(H,22,23). The second-order valence-corrected chi connectivity index (χ2v) is 9.26. The number of benzene rings is 1. The summed E-state index contributed by atoms with van der Waals surface area (Å²) in [7, 11) is -3.58. The molecule has 26 heavy (non-hydrogen) atoms. The third-order valence-electron chi connectivity index (χ3n) is 5.34. The molecule has 1 aliphatic carbocycles. The molecule has 7 nitrogen and oxygen atoms in total. The molecule has 0 aromatic heterocycles. The fourth-order valence-electron chi connectivity index (χ4n) is 3.74. The van der Waals surface area contributed by atoms with Crippen LogP contribution in [0.2, 0.25) is 0 Å². The van der Waals surface area contributed by atoms with Gasteiger partial charge in [0.05, 0.1) is 10.8 Å². The van der Waals surface area contributed by atoms with Gasteiger partial charge in [0.2, 0.25) is 10.0 Å². The van der Waals surface area contributed by atoms with Crippen LogP contribution < -0.4 is 4.72 Å². The summed E-state index contributed by atoms with van der Waals surface area (Å²) < 4.78 is 26.8. The average molecular weight is 380 g/mol. The highest BCUT2D eigenvalue weighted by atomic mass is 32.2. The second-order valence-electron chi connectivity index (χ2n) is 7.55. The maximum atomic E-state index is 12.6. The number of nitrogens with one attached hydrogen (secondary N) is 1. The number of piperidine rings is 1. The van der Waals surface area contributed by atoms with E-state index in [0.717, 1.165) is 0 Å². The predicted octanol–water partition coefficient (Wildman–Crippen LogP) is 1.70. The molecule has 1 aromatic rings. The average Bonchev–Trinajstić information content (AvgIpc) is 3.28. The summed E-state index contributed by atoms with van der Waals surface area (Å²) in [4.78, 5) is 25.6. The summed E-state index contributed by atoms with van der Waals surface area (Å²) in [5.41, 5.74) is 0.318. The highest BCUT2D eigenvalue weighted by Gasteiger charge is 2.59. The van der Waals surface area contributed by atoms with Crippen molar-refractivity contribution in [3.05, 3.63) is 29.8 Å². The van der Waals surface area contributed by atoms with Gasteiger partial charge in [0, 0.05) is 24.7 Å². The van der Waals surface area contributed by atoms with Crippen molar-refractivity contribution in [1.82, 2.24) is 9.62 Å². The maximum Gasteiger partial charge on any atom is 0.307 e. The first-order valence-corrected chi connectivity index (χ1v) is 10.3. The number of likely N-dealkylation sites (tertiary alicyclic amines) is 1. The topological polar surface area (TPSA) is 104 Å². The molecule has 1 atom stereocenters. The number of sulfonamides is 1. The van der Waals surface area contributed by atoms with Gasteiger partial charge in [-0.2, -0.15) is 0 Å². The van der Waals surface area contributed by atoms with Gasteiger partial charge in [-0.05, 0) is 62.8 Å². The van der Waals surface area contributed by atoms with Gasteiger partial charge < -0.3 is 10.0 Å². The number of hydrogen-bond acceptors (Lipinski definition) is 4. The molecule has 1 unspecified atom stereocenters. The molecule has 8 heteroatoms. The largest absolute Gasteiger partial charge is 0.481 e. The number of carbonyl (C=O) groups is 2. The van der Waals surface area contributed by atoms with Gasteiger partial charge in [-0.15, -0.1) is 0 Å². The first-order valence-electron chi connectivity index (χ1n) is 8.79. The van der Waals surface area contributed by atoms with Crippen molar-refractivity contribution in [3.8, 4) is 0 Å². The Kier molecular flexibility index (Phi) is 4.83. The van der Waals surface area contributed by atoms with E-state index in [2.05, 4.69) is 4.72 Å². The second kappa shape index (κ2) is 6.66. The van der Waals surface area contributed by atoms with Crippen LogP contribution >= 0.6 is 0 Å². The number of hydrogen-bond donors (Lipinski definition) is 2. The van der Waals surface area contributed by atoms with Crippen molar-refractivity contribution < 1.29 is 23.1 Å². The van der Waals surface area contributed by atoms with E-state index in [4.69, 9.17) is 5.11 Å². The Morgan fingerprint density at radius 1 is 1.19 bits per heavy atom. The lowest BCUT2D eigenvalue weighted by Gasteiger charge is -2.32. The number of carbonyl (C=O) groups excluding carboxylic acids is 1. The molecule has 2 fully saturated rings. The molecule has 1 aromatic carbocycles. The van der Waals surface area contributed by atoms with Crippen molar-refractivity contribution in [2.45, 2.75) is 44.0 Å². The van der Waals surface area contributed by atoms with E-state index in [0.29, 0.717) is 37.9 Å². The molecule has 0 radical (unpaired) electrons. The van der Waals surface area contributed by atoms with E-state index in [1.807, 2.05) is 0 Å². The van der Waals surface area contributed by atoms with Crippen LogP contribution in [0.4, 0.5) is 0 Å². The molecule has 1 saturated heterocycles. The highest BCUT2D eigenvalue weighted by molar-refractivity contribution is 7.89. The summed E-state index contributed by atoms with van der Waals surface area (Å²) in [6, 6.07) is 5.71. The Morgan fingerprint density at radius 2 is 1.77 bits per heavy atom. The highest BCUT2D eigenvalue weighted by Crippen LogP contribution is 2.59. The number of rotatable bonds is 5. The van der Waals surface area contributed by atoms with Crippen LogP contribution in [0.25, 0.3) is 0 Å². The molecule has 2 N–H and O–H groups in total. The number of carboxylic acids is 1. The van der Waals surface area contributed by atoms with Gasteiger partial charge in [-0.25, -0.2) is 13.1 Å². The zero-order chi connectivity index (χ0) is 19.1. The van der Waals surface area contributed by atoms with Gasteiger partial charge in [-0.1, -0.05) is 0 Å². The minimum atomic E-state index is -3.58. The minimum Gasteiger partial charge on any atom is -0.481 e. The van der Waals surface area contributed by atoms with Gasteiger partial charge >= 0.3 is 5.97 Å². The summed E-state index contributed by atoms with van der Waals surface area (Å²) in [6.07, 6.45) is 2.13. The molecular formula is C18H24N2O5S. The van der Waals surface area contributed by atoms with E-state index >= 15 is 0 Å². The Labute approximate surface area is 153 Å². The molecule has 142 valence electrons. The van der Waals surface area contributed by atoms with Crippen molar-refractivity contribution >= 4 is 21.9 Å². The zero-order valence-corrected chi connectivity index (χ0v) is 15.8. The fourth-order valence-corrected chi connectivity index (χ4v) is 4.99. The third-order valence-corrected chi connectivity index (χ3v) is 7.01. The van der Waals surface area contributed by atoms with Gasteiger partial charge in [-0.3, -0.25) is 9.59 Å². The summed E-state index contributed by atoms with van der Waals surface area (Å²) >= 11 is 0. The van der Waals surface area contributed by atoms with Crippen LogP contribution in [0, 0.1) is 11.3 Å². The normalized spacial score (nSPS) is 21.8. The van der Waals surface area contributed by atoms with E-state index < -0.39 is 16.0 Å². The van der Waals surface area contributed by atoms with Gasteiger partial charge in [0.1, 0.15) is 0 Å². The number of nitrogens with zero attached hydrogens (tertiary/aromatic N) is 1. The predicted molar refractivity (Wildman–Crippen MR) is 95.2 cm³/mol. The lowest BCUT2D eigenvalue weighted by atomic mass is 9.90. The Balaban J connectivity index is 1.64. The summed E-state index contributed by atoms with van der Waals surface area (Å²) in [6.45, 7) is 4.57. The van der Waals surface area contributed by atoms with Crippen LogP contribution in [0.1, 0.15) is 43.5 Å². The lowest BCUT2D eigenvalue weighted by Crippen LogP contribution is -2.40. The van der Waals surface area contributed by atoms with Gasteiger partial charge in [0.15, 0.2) is 0 Å². The Morgan fingerprint density at radius 3 is 2.23 bits per heavy atom. The molecular weight excluding hydrogens is 356 g/mol. The van der Waals surface area contributed by atoms with Crippen LogP contribution in [-0.4, -0.2) is 49.4 Å². The molecule has 1 heterocycles. The quantitative estimate of drug-likeness (QED) is 0.809. The molecule has 1 aliphatic heterocycles. The van der Waals surface area contributed by atoms with E-state index in [1.54, 1.807) is 18.7 Å². The zero-order valence-electron chi connectivity index (χ0n) is 14.9. The number of carboxylic acid groups (broad SMARTS) is 1. The van der Waals surface area contributed by atoms with Crippen molar-refractivity contribution in [1.29, 1.82) is 0 Å². The molecule has 2 aliphatic rings. The lowest BCUT2D eigenvalue weighted by molar-refractivity contribution is -0.139. The molecule has 1 amide bonds. The smallest absolute Gasteiger partial charge is 0.307 e. The Bertz CT molecular complexity index is 808. The van der Waals surface area contributed by atoms with Gasteiger partial charge in [0.25, 0.3) is 5.91 Å². The Hall–Kier alpha value is -1.93. The SMILES string of the molecule is CC(C)NS(=O)(=O)c1ccc(C(=O)N2CCC3(CC2)CC3C(=O)O)cc1. The van der Waals surface area contributed by atoms with Crippen LogP contribution in [0.3, 0.4) is 0 Å². The van der Waals surface area contributed by atoms with Crippen molar-refractivity contribution in [2.24, 2.45) is 11.3 Å². The van der Waals surface area contributed by atoms with Crippen LogP contribution in [-0.2, 0) is 14.8 Å². The fraction of sp³-hybridized carbons (Fsp3) is 0.556. The first kappa shape index (κ1) is 18.8. The monoisotopic (exact) mass is 380 g/mol. The molecule has 0 bridgehead atoms. The summed E-state index contributed by atoms with van der Waals surface area (Å²) in [5.74, 6) is -1.15. The van der Waals surface area contributed by atoms with Crippen LogP contribution in [0.15, 0.2) is 29.2 Å². The maximum absolute atomic E-state index is 12.6. The number of aliphatic carboxylic acids is 1. The first-order chi connectivity index (χ1) is 12.1. The van der Waals surface area contributed by atoms with Crippen molar-refractivity contribution in [3.63, 3.8) is 0 Å². The van der Waals surface area contributed by atoms with E-state index in [9.17, 15) is 18.0 Å². The third kappa shape index (κ3) is 3.61. The van der Waals surface area contributed by atoms with Crippen molar-refractivity contribution in [2.75, 3.05) is 13.1 Å².